The highest BCUT2D eigenvalue weighted by Crippen LogP contribution is 2.36. The van der Waals surface area contributed by atoms with Crippen LogP contribution in [0.3, 0.4) is 0 Å². The van der Waals surface area contributed by atoms with Crippen LogP contribution in [-0.2, 0) is 37.9 Å². The molecule has 3 unspecified atom stereocenters. The minimum Gasteiger partial charge on any atom is -0.444 e. The first-order chi connectivity index (χ1) is 16.1. The first-order valence-electron chi connectivity index (χ1n) is 11.6. The lowest BCUT2D eigenvalue weighted by molar-refractivity contribution is -0.186. The van der Waals surface area contributed by atoms with Gasteiger partial charge in [-0.1, -0.05) is 0 Å². The number of aliphatic hydroxyl groups is 1. The molecule has 12 heteroatoms. The second kappa shape index (κ2) is 15.8. The second-order valence-electron chi connectivity index (χ2n) is 8.98. The average Bonchev–Trinajstić information content (AvgIpc) is 3.09. The van der Waals surface area contributed by atoms with Crippen LogP contribution >= 0.6 is 0 Å². The normalized spacial score (nSPS) is 23.8. The van der Waals surface area contributed by atoms with Gasteiger partial charge in [-0.2, -0.15) is 0 Å². The topological polar surface area (TPSA) is 140 Å². The van der Waals surface area contributed by atoms with Crippen molar-refractivity contribution in [2.24, 2.45) is 5.73 Å². The largest absolute Gasteiger partial charge is 0.444 e. The number of fused-ring (bicyclic) bond motifs is 1. The summed E-state index contributed by atoms with van der Waals surface area (Å²) >= 11 is 0. The Hall–Kier alpha value is -1.09. The summed E-state index contributed by atoms with van der Waals surface area (Å²) in [5.74, 6) is -0.847. The zero-order valence-corrected chi connectivity index (χ0v) is 21.4. The van der Waals surface area contributed by atoms with Crippen molar-refractivity contribution in [1.82, 2.24) is 4.90 Å². The quantitative estimate of drug-likeness (QED) is 0.348. The van der Waals surface area contributed by atoms with Gasteiger partial charge in [-0.05, 0) is 34.6 Å². The van der Waals surface area contributed by atoms with Gasteiger partial charge in [0.25, 0.3) is 0 Å². The molecule has 2 fully saturated rings. The lowest BCUT2D eigenvalue weighted by Gasteiger charge is -2.39. The standard InChI is InChI=1S/C21H40N2O9.CH4O/c1-20(2,3)32-19(24)23-15-29-16(17-18(23)31-21(4,5)30-17)14-28-13-12-27-11-10-26-9-8-25-7-6-22;1-2/h16-18H,6-15,22H2,1-5H3;2H,1H3. The highest BCUT2D eigenvalue weighted by Gasteiger charge is 2.53. The lowest BCUT2D eigenvalue weighted by atomic mass is 10.1. The van der Waals surface area contributed by atoms with E-state index in [2.05, 4.69) is 0 Å². The Labute approximate surface area is 202 Å². The Kier molecular flexibility index (Phi) is 14.4. The summed E-state index contributed by atoms with van der Waals surface area (Å²) in [6, 6.07) is 0. The van der Waals surface area contributed by atoms with Gasteiger partial charge in [-0.15, -0.1) is 0 Å². The fraction of sp³-hybridized carbons (Fsp3) is 0.955. The van der Waals surface area contributed by atoms with E-state index in [0.717, 1.165) is 7.11 Å². The Bertz CT molecular complexity index is 558. The van der Waals surface area contributed by atoms with Crippen molar-refractivity contribution in [2.45, 2.75) is 64.4 Å². The molecule has 0 aromatic carbocycles. The number of carbonyl (C=O) groups is 1. The zero-order chi connectivity index (χ0) is 25.6. The maximum atomic E-state index is 12.6. The van der Waals surface area contributed by atoms with Gasteiger partial charge in [0.15, 0.2) is 12.0 Å². The number of nitrogens with two attached hydrogens (primary N) is 1. The smallest absolute Gasteiger partial charge is 0.414 e. The molecule has 2 heterocycles. The molecule has 3 N–H and O–H groups in total. The fourth-order valence-corrected chi connectivity index (χ4v) is 3.18. The summed E-state index contributed by atoms with van der Waals surface area (Å²) in [5, 5.41) is 7.00. The van der Waals surface area contributed by atoms with Gasteiger partial charge in [-0.3, -0.25) is 4.90 Å². The summed E-state index contributed by atoms with van der Waals surface area (Å²) in [6.45, 7) is 13.2. The van der Waals surface area contributed by atoms with Crippen LogP contribution in [0, 0.1) is 0 Å². The van der Waals surface area contributed by atoms with Crippen molar-refractivity contribution in [3.05, 3.63) is 0 Å². The van der Waals surface area contributed by atoms with Gasteiger partial charge in [0, 0.05) is 13.7 Å². The summed E-state index contributed by atoms with van der Waals surface area (Å²) in [5.41, 5.74) is 4.71. The highest BCUT2D eigenvalue weighted by atomic mass is 16.8. The Balaban J connectivity index is 0.00000281. The molecule has 1 amide bonds. The van der Waals surface area contributed by atoms with Gasteiger partial charge in [-0.25, -0.2) is 4.79 Å². The molecule has 0 spiro atoms. The van der Waals surface area contributed by atoms with E-state index in [-0.39, 0.29) is 12.8 Å². The van der Waals surface area contributed by atoms with E-state index in [9.17, 15) is 4.79 Å². The molecule has 34 heavy (non-hydrogen) atoms. The SMILES string of the molecule is CC(C)(C)OC(=O)N1COC(COCCOCCOCCOCCN)C2OC(C)(C)OC21.CO. The molecule has 0 radical (unpaired) electrons. The molecule has 2 aliphatic heterocycles. The molecule has 2 saturated heterocycles. The molecular formula is C22H44N2O10. The summed E-state index contributed by atoms with van der Waals surface area (Å²) < 4.78 is 45.1. The molecule has 0 bridgehead atoms. The van der Waals surface area contributed by atoms with E-state index in [1.165, 1.54) is 4.90 Å². The fourth-order valence-electron chi connectivity index (χ4n) is 3.18. The van der Waals surface area contributed by atoms with Crippen molar-refractivity contribution in [3.63, 3.8) is 0 Å². The molecule has 2 rings (SSSR count). The van der Waals surface area contributed by atoms with Gasteiger partial charge >= 0.3 is 6.09 Å². The Morgan fingerprint density at radius 2 is 1.50 bits per heavy atom. The number of aliphatic hydroxyl groups excluding tert-OH is 1. The van der Waals surface area contributed by atoms with Crippen LogP contribution < -0.4 is 5.73 Å². The minimum absolute atomic E-state index is 0.0341. The molecule has 0 saturated carbocycles. The molecule has 3 atom stereocenters. The van der Waals surface area contributed by atoms with Crippen molar-refractivity contribution < 1.29 is 47.8 Å². The van der Waals surface area contributed by atoms with Crippen LogP contribution in [0.25, 0.3) is 0 Å². The van der Waals surface area contributed by atoms with E-state index in [0.29, 0.717) is 59.4 Å². The van der Waals surface area contributed by atoms with E-state index in [4.69, 9.17) is 48.7 Å². The number of amides is 1. The number of hydrogen-bond donors (Lipinski definition) is 2. The predicted molar refractivity (Wildman–Crippen MR) is 122 cm³/mol. The molecule has 0 aromatic rings. The van der Waals surface area contributed by atoms with Crippen LogP contribution in [0.4, 0.5) is 4.79 Å². The summed E-state index contributed by atoms with van der Waals surface area (Å²) in [4.78, 5) is 14.0. The third kappa shape index (κ3) is 11.6. The average molecular weight is 497 g/mol. The van der Waals surface area contributed by atoms with Crippen LogP contribution in [0.2, 0.25) is 0 Å². The van der Waals surface area contributed by atoms with E-state index in [1.54, 1.807) is 13.8 Å². The van der Waals surface area contributed by atoms with Crippen LogP contribution in [0.15, 0.2) is 0 Å². The van der Waals surface area contributed by atoms with E-state index in [1.807, 2.05) is 20.8 Å². The monoisotopic (exact) mass is 496 g/mol. The maximum Gasteiger partial charge on any atom is 0.414 e. The number of hydrogen-bond acceptors (Lipinski definition) is 11. The van der Waals surface area contributed by atoms with Crippen molar-refractivity contribution >= 4 is 6.09 Å². The number of nitrogens with zero attached hydrogens (tertiary/aromatic N) is 1. The predicted octanol–water partition coefficient (Wildman–Crippen LogP) is 0.691. The minimum atomic E-state index is -0.847. The van der Waals surface area contributed by atoms with E-state index >= 15 is 0 Å². The third-order valence-electron chi connectivity index (χ3n) is 4.50. The lowest BCUT2D eigenvalue weighted by Crippen LogP contribution is -2.58. The van der Waals surface area contributed by atoms with Gasteiger partial charge in [0.05, 0.1) is 52.9 Å². The van der Waals surface area contributed by atoms with Crippen LogP contribution in [0.5, 0.6) is 0 Å². The molecule has 202 valence electrons. The first kappa shape index (κ1) is 30.9. The van der Waals surface area contributed by atoms with Gasteiger partial charge < -0.3 is 48.7 Å². The zero-order valence-electron chi connectivity index (χ0n) is 21.4. The highest BCUT2D eigenvalue weighted by molar-refractivity contribution is 5.68. The second-order valence-corrected chi connectivity index (χ2v) is 8.98. The van der Waals surface area contributed by atoms with Crippen LogP contribution in [0.1, 0.15) is 34.6 Å². The maximum absolute atomic E-state index is 12.6. The first-order valence-corrected chi connectivity index (χ1v) is 11.6. The van der Waals surface area contributed by atoms with Crippen molar-refractivity contribution in [3.8, 4) is 0 Å². The molecular weight excluding hydrogens is 452 g/mol. The van der Waals surface area contributed by atoms with E-state index < -0.39 is 29.8 Å². The summed E-state index contributed by atoms with van der Waals surface area (Å²) in [7, 11) is 1.00. The van der Waals surface area contributed by atoms with Crippen molar-refractivity contribution in [2.75, 3.05) is 73.2 Å². The molecule has 0 aromatic heterocycles. The summed E-state index contributed by atoms with van der Waals surface area (Å²) in [6.07, 6.45) is -1.97. The molecule has 2 aliphatic rings. The molecule has 12 nitrogen and oxygen atoms in total. The number of carbonyl (C=O) groups excluding carboxylic acids is 1. The van der Waals surface area contributed by atoms with Gasteiger partial charge in [0.2, 0.25) is 0 Å². The van der Waals surface area contributed by atoms with Crippen LogP contribution in [-0.4, -0.2) is 119 Å². The van der Waals surface area contributed by atoms with Crippen molar-refractivity contribution in [1.29, 1.82) is 0 Å². The number of rotatable bonds is 13. The Morgan fingerprint density at radius 3 is 2.03 bits per heavy atom. The molecule has 0 aliphatic carbocycles. The third-order valence-corrected chi connectivity index (χ3v) is 4.50. The van der Waals surface area contributed by atoms with Gasteiger partial charge in [0.1, 0.15) is 24.5 Å². The number of ether oxygens (including phenoxy) is 8. The Morgan fingerprint density at radius 1 is 0.971 bits per heavy atom.